The summed E-state index contributed by atoms with van der Waals surface area (Å²) < 4.78 is 30.5. The molecule has 1 aromatic heterocycles. The Morgan fingerprint density at radius 2 is 1.77 bits per heavy atom. The predicted octanol–water partition coefficient (Wildman–Crippen LogP) is 4.00. The van der Waals surface area contributed by atoms with Crippen molar-refractivity contribution in [3.8, 4) is 28.4 Å². The summed E-state index contributed by atoms with van der Waals surface area (Å²) in [7, 11) is 4.64. The highest BCUT2D eigenvalue weighted by molar-refractivity contribution is 6.01. The average Bonchev–Trinajstić information content (AvgIpc) is 3.07. The third kappa shape index (κ3) is 3.54. The second-order valence-corrected chi connectivity index (χ2v) is 6.88. The maximum Gasteiger partial charge on any atom is 0.233 e. The van der Waals surface area contributed by atoms with Crippen LogP contribution in [0.15, 0.2) is 48.7 Å². The molecule has 0 unspecified atom stereocenters. The van der Waals surface area contributed by atoms with Gasteiger partial charge in [0, 0.05) is 17.8 Å². The van der Waals surface area contributed by atoms with Gasteiger partial charge in [0.05, 0.1) is 51.2 Å². The number of amides is 1. The van der Waals surface area contributed by atoms with E-state index in [1.165, 1.54) is 13.2 Å². The number of benzene rings is 2. The smallest absolute Gasteiger partial charge is 0.233 e. The highest BCUT2D eigenvalue weighted by atomic mass is 19.1. The van der Waals surface area contributed by atoms with Crippen molar-refractivity contribution in [2.45, 2.75) is 13.0 Å². The maximum absolute atomic E-state index is 14.5. The molecule has 0 N–H and O–H groups in total. The molecule has 4 rings (SSSR count). The fraction of sp³-hybridized carbons (Fsp3) is 0.217. The molecule has 0 atom stereocenters. The quantitative estimate of drug-likeness (QED) is 0.617. The fourth-order valence-corrected chi connectivity index (χ4v) is 3.63. The molecule has 2 heterocycles. The number of pyridine rings is 1. The molecule has 2 aromatic carbocycles. The highest BCUT2D eigenvalue weighted by Gasteiger charge is 2.30. The van der Waals surface area contributed by atoms with Gasteiger partial charge in [-0.3, -0.25) is 9.78 Å². The van der Waals surface area contributed by atoms with Crippen molar-refractivity contribution >= 4 is 11.6 Å². The zero-order chi connectivity index (χ0) is 21.3. The molecule has 1 aliphatic heterocycles. The van der Waals surface area contributed by atoms with E-state index in [4.69, 9.17) is 14.2 Å². The lowest BCUT2D eigenvalue weighted by molar-refractivity contribution is -0.117. The number of ether oxygens (including phenoxy) is 3. The summed E-state index contributed by atoms with van der Waals surface area (Å²) in [5, 5.41) is 0. The average molecular weight is 408 g/mol. The molecule has 1 amide bonds. The molecule has 0 bridgehead atoms. The molecular formula is C23H21FN2O4. The zero-order valence-corrected chi connectivity index (χ0v) is 16.9. The van der Waals surface area contributed by atoms with Crippen LogP contribution in [0.1, 0.15) is 11.3 Å². The van der Waals surface area contributed by atoms with Crippen LogP contribution in [-0.4, -0.2) is 32.2 Å². The minimum absolute atomic E-state index is 0.0723. The van der Waals surface area contributed by atoms with Crippen LogP contribution < -0.4 is 19.1 Å². The van der Waals surface area contributed by atoms with Gasteiger partial charge >= 0.3 is 0 Å². The van der Waals surface area contributed by atoms with E-state index in [9.17, 15) is 9.18 Å². The van der Waals surface area contributed by atoms with Gasteiger partial charge in [-0.2, -0.15) is 0 Å². The largest absolute Gasteiger partial charge is 0.497 e. The monoisotopic (exact) mass is 408 g/mol. The zero-order valence-electron chi connectivity index (χ0n) is 16.9. The normalized spacial score (nSPS) is 12.7. The first-order chi connectivity index (χ1) is 14.5. The molecule has 0 radical (unpaired) electrons. The molecule has 3 aromatic rings. The number of halogens is 1. The second kappa shape index (κ2) is 8.02. The minimum atomic E-state index is -0.412. The summed E-state index contributed by atoms with van der Waals surface area (Å²) in [6.45, 7) is 0.318. The van der Waals surface area contributed by atoms with Crippen molar-refractivity contribution in [3.63, 3.8) is 0 Å². The Hall–Kier alpha value is -3.61. The van der Waals surface area contributed by atoms with Gasteiger partial charge in [0.15, 0.2) is 0 Å². The van der Waals surface area contributed by atoms with E-state index >= 15 is 0 Å². The SMILES string of the molecule is COc1cc(CN2C(=O)Cc3ncc(-c4c(F)cccc4OC)cc32)cc(OC)c1. The summed E-state index contributed by atoms with van der Waals surface area (Å²) in [4.78, 5) is 18.8. The lowest BCUT2D eigenvalue weighted by atomic mass is 10.0. The molecule has 7 heteroatoms. The first-order valence-corrected chi connectivity index (χ1v) is 9.38. The topological polar surface area (TPSA) is 60.9 Å². The van der Waals surface area contributed by atoms with Gasteiger partial charge in [-0.25, -0.2) is 4.39 Å². The van der Waals surface area contributed by atoms with E-state index in [1.807, 2.05) is 12.1 Å². The Labute approximate surface area is 173 Å². The molecular weight excluding hydrogens is 387 g/mol. The van der Waals surface area contributed by atoms with Gasteiger partial charge in [-0.15, -0.1) is 0 Å². The van der Waals surface area contributed by atoms with Gasteiger partial charge in [0.2, 0.25) is 5.91 Å². The lowest BCUT2D eigenvalue weighted by Gasteiger charge is -2.19. The predicted molar refractivity (Wildman–Crippen MR) is 111 cm³/mol. The van der Waals surface area contributed by atoms with E-state index in [0.717, 1.165) is 5.56 Å². The summed E-state index contributed by atoms with van der Waals surface area (Å²) in [5.41, 5.74) is 3.03. The van der Waals surface area contributed by atoms with Crippen LogP contribution in [0, 0.1) is 5.82 Å². The third-order valence-electron chi connectivity index (χ3n) is 5.09. The molecule has 154 valence electrons. The second-order valence-electron chi connectivity index (χ2n) is 6.88. The van der Waals surface area contributed by atoms with Crippen LogP contribution in [0.5, 0.6) is 17.2 Å². The number of hydrogen-bond donors (Lipinski definition) is 0. The van der Waals surface area contributed by atoms with Crippen LogP contribution in [0.2, 0.25) is 0 Å². The summed E-state index contributed by atoms with van der Waals surface area (Å²) in [6.07, 6.45) is 1.77. The Bertz CT molecular complexity index is 1090. The van der Waals surface area contributed by atoms with Crippen molar-refractivity contribution < 1.29 is 23.4 Å². The van der Waals surface area contributed by atoms with Gasteiger partial charge < -0.3 is 19.1 Å². The Morgan fingerprint density at radius 1 is 1.03 bits per heavy atom. The van der Waals surface area contributed by atoms with Crippen molar-refractivity contribution in [1.29, 1.82) is 0 Å². The van der Waals surface area contributed by atoms with Crippen LogP contribution in [0.4, 0.5) is 10.1 Å². The van der Waals surface area contributed by atoms with Crippen LogP contribution >= 0.6 is 0 Å². The third-order valence-corrected chi connectivity index (χ3v) is 5.09. The van der Waals surface area contributed by atoms with Crippen molar-refractivity contribution in [3.05, 3.63) is 65.7 Å². The van der Waals surface area contributed by atoms with E-state index < -0.39 is 5.82 Å². The van der Waals surface area contributed by atoms with Crippen LogP contribution in [0.3, 0.4) is 0 Å². The Kier molecular flexibility index (Phi) is 5.27. The molecule has 6 nitrogen and oxygen atoms in total. The Balaban J connectivity index is 1.74. The minimum Gasteiger partial charge on any atom is -0.497 e. The number of carbonyl (C=O) groups excluding carboxylic acids is 1. The van der Waals surface area contributed by atoms with Crippen LogP contribution in [-0.2, 0) is 17.8 Å². The number of nitrogens with zero attached hydrogens (tertiary/aromatic N) is 2. The lowest BCUT2D eigenvalue weighted by Crippen LogP contribution is -2.26. The van der Waals surface area contributed by atoms with E-state index in [0.29, 0.717) is 46.3 Å². The number of methoxy groups -OCH3 is 3. The number of hydrogen-bond acceptors (Lipinski definition) is 5. The Morgan fingerprint density at radius 3 is 2.43 bits per heavy atom. The van der Waals surface area contributed by atoms with Gasteiger partial charge in [-0.05, 0) is 35.9 Å². The maximum atomic E-state index is 14.5. The van der Waals surface area contributed by atoms with Gasteiger partial charge in [-0.1, -0.05) is 6.07 Å². The van der Waals surface area contributed by atoms with Crippen molar-refractivity contribution in [1.82, 2.24) is 4.98 Å². The summed E-state index contributed by atoms with van der Waals surface area (Å²) >= 11 is 0. The van der Waals surface area contributed by atoms with Crippen molar-refractivity contribution in [2.75, 3.05) is 26.2 Å². The fourth-order valence-electron chi connectivity index (χ4n) is 3.63. The molecule has 0 spiro atoms. The first kappa shape index (κ1) is 19.7. The molecule has 30 heavy (non-hydrogen) atoms. The van der Waals surface area contributed by atoms with E-state index in [1.54, 1.807) is 49.6 Å². The standard InChI is InChI=1S/C23H21FN2O4/c1-28-16-7-14(8-17(10-16)29-2)13-26-20-9-15(12-25-19(20)11-22(26)27)23-18(24)5-4-6-21(23)30-3/h4-10,12H,11,13H2,1-3H3. The van der Waals surface area contributed by atoms with Gasteiger partial charge in [0.25, 0.3) is 0 Å². The highest BCUT2D eigenvalue weighted by Crippen LogP contribution is 2.37. The number of fused-ring (bicyclic) bond motifs is 1. The molecule has 0 saturated heterocycles. The number of rotatable bonds is 6. The molecule has 0 aliphatic carbocycles. The number of aromatic nitrogens is 1. The molecule has 1 aliphatic rings. The van der Waals surface area contributed by atoms with Crippen LogP contribution in [0.25, 0.3) is 11.1 Å². The number of carbonyl (C=O) groups is 1. The van der Waals surface area contributed by atoms with Crippen molar-refractivity contribution in [2.24, 2.45) is 0 Å². The first-order valence-electron chi connectivity index (χ1n) is 9.38. The summed E-state index contributed by atoms with van der Waals surface area (Å²) in [5.74, 6) is 1.20. The molecule has 0 saturated carbocycles. The summed E-state index contributed by atoms with van der Waals surface area (Å²) in [6, 6.07) is 11.9. The van der Waals surface area contributed by atoms with Gasteiger partial charge in [0.1, 0.15) is 23.1 Å². The molecule has 0 fully saturated rings. The number of anilines is 1. The van der Waals surface area contributed by atoms with E-state index in [-0.39, 0.29) is 12.3 Å². The van der Waals surface area contributed by atoms with E-state index in [2.05, 4.69) is 4.98 Å².